The highest BCUT2D eigenvalue weighted by atomic mass is 79.9. The molecule has 1 aromatic carbocycles. The van der Waals surface area contributed by atoms with Gasteiger partial charge in [-0.3, -0.25) is 4.90 Å². The Bertz CT molecular complexity index is 438. The fourth-order valence-corrected chi connectivity index (χ4v) is 3.09. The first-order valence-electron chi connectivity index (χ1n) is 7.51. The van der Waals surface area contributed by atoms with Gasteiger partial charge in [0.25, 0.3) is 0 Å². The monoisotopic (exact) mass is 322 g/mol. The molecular weight excluding hydrogens is 300 g/mol. The standard InChI is InChI=1S/C16H23BrN2/c1-2-19(15-7-8-15)11-13-4-3-12(9-16(13)17)10-18-14-5-6-14/h3-4,9,14-15,18H,2,5-8,10-11H2,1H3. The normalized spacial score (nSPS) is 19.1. The van der Waals surface area contributed by atoms with Crippen molar-refractivity contribution in [1.82, 2.24) is 10.2 Å². The fourth-order valence-electron chi connectivity index (χ4n) is 2.54. The summed E-state index contributed by atoms with van der Waals surface area (Å²) in [6.07, 6.45) is 5.47. The van der Waals surface area contributed by atoms with Gasteiger partial charge in [0.2, 0.25) is 0 Å². The van der Waals surface area contributed by atoms with E-state index >= 15 is 0 Å². The van der Waals surface area contributed by atoms with E-state index in [0.29, 0.717) is 0 Å². The van der Waals surface area contributed by atoms with Crippen LogP contribution in [0.2, 0.25) is 0 Å². The summed E-state index contributed by atoms with van der Waals surface area (Å²) in [5.74, 6) is 0. The second-order valence-corrected chi connectivity index (χ2v) is 6.73. The van der Waals surface area contributed by atoms with Crippen molar-refractivity contribution < 1.29 is 0 Å². The summed E-state index contributed by atoms with van der Waals surface area (Å²) in [6, 6.07) is 8.47. The average Bonchev–Trinajstić information content (AvgIpc) is 3.28. The zero-order valence-corrected chi connectivity index (χ0v) is 13.2. The summed E-state index contributed by atoms with van der Waals surface area (Å²) in [7, 11) is 0. The number of halogens is 1. The number of benzene rings is 1. The lowest BCUT2D eigenvalue weighted by Gasteiger charge is -2.20. The first kappa shape index (κ1) is 13.6. The summed E-state index contributed by atoms with van der Waals surface area (Å²) < 4.78 is 1.27. The van der Waals surface area contributed by atoms with Gasteiger partial charge in [-0.25, -0.2) is 0 Å². The van der Waals surface area contributed by atoms with Crippen molar-refractivity contribution in [3.8, 4) is 0 Å². The number of rotatable bonds is 7. The molecule has 104 valence electrons. The van der Waals surface area contributed by atoms with Gasteiger partial charge in [-0.05, 0) is 49.4 Å². The molecule has 2 saturated carbocycles. The lowest BCUT2D eigenvalue weighted by molar-refractivity contribution is 0.269. The van der Waals surface area contributed by atoms with Crippen LogP contribution in [-0.2, 0) is 13.1 Å². The minimum absolute atomic E-state index is 0.781. The van der Waals surface area contributed by atoms with Crippen molar-refractivity contribution in [3.63, 3.8) is 0 Å². The molecule has 19 heavy (non-hydrogen) atoms. The highest BCUT2D eigenvalue weighted by Gasteiger charge is 2.28. The molecule has 0 saturated heterocycles. The van der Waals surface area contributed by atoms with E-state index in [1.165, 1.54) is 41.3 Å². The largest absolute Gasteiger partial charge is 0.310 e. The summed E-state index contributed by atoms with van der Waals surface area (Å²) in [5.41, 5.74) is 2.81. The Kier molecular flexibility index (Phi) is 4.25. The highest BCUT2D eigenvalue weighted by Crippen LogP contribution is 2.30. The Morgan fingerprint density at radius 2 is 2.05 bits per heavy atom. The van der Waals surface area contributed by atoms with Crippen LogP contribution in [0.1, 0.15) is 43.7 Å². The number of hydrogen-bond donors (Lipinski definition) is 1. The van der Waals surface area contributed by atoms with Gasteiger partial charge in [-0.2, -0.15) is 0 Å². The number of hydrogen-bond acceptors (Lipinski definition) is 2. The van der Waals surface area contributed by atoms with E-state index in [1.807, 2.05) is 0 Å². The predicted octanol–water partition coefficient (Wildman–Crippen LogP) is 3.69. The number of nitrogens with zero attached hydrogens (tertiary/aromatic N) is 1. The Morgan fingerprint density at radius 1 is 1.26 bits per heavy atom. The molecule has 3 heteroatoms. The molecule has 0 aliphatic heterocycles. The Hall–Kier alpha value is -0.380. The van der Waals surface area contributed by atoms with E-state index in [4.69, 9.17) is 0 Å². The molecule has 2 aliphatic rings. The van der Waals surface area contributed by atoms with Gasteiger partial charge in [0.15, 0.2) is 0 Å². The molecule has 2 aliphatic carbocycles. The van der Waals surface area contributed by atoms with Crippen LogP contribution >= 0.6 is 15.9 Å². The molecule has 0 radical (unpaired) electrons. The summed E-state index contributed by atoms with van der Waals surface area (Å²) in [5, 5.41) is 3.57. The molecule has 0 spiro atoms. The van der Waals surface area contributed by atoms with Gasteiger partial charge in [0, 0.05) is 29.6 Å². The molecule has 1 N–H and O–H groups in total. The van der Waals surface area contributed by atoms with Crippen molar-refractivity contribution in [3.05, 3.63) is 33.8 Å². The smallest absolute Gasteiger partial charge is 0.0247 e. The summed E-state index contributed by atoms with van der Waals surface area (Å²) in [4.78, 5) is 2.59. The molecule has 0 amide bonds. The first-order valence-corrected chi connectivity index (χ1v) is 8.30. The molecule has 0 unspecified atom stereocenters. The molecule has 2 nitrogen and oxygen atoms in total. The third-order valence-corrected chi connectivity index (χ3v) is 4.87. The molecule has 0 atom stereocenters. The molecule has 2 fully saturated rings. The fraction of sp³-hybridized carbons (Fsp3) is 0.625. The molecule has 0 aromatic heterocycles. The van der Waals surface area contributed by atoms with Crippen LogP contribution in [0.25, 0.3) is 0 Å². The Labute approximate surface area is 124 Å². The maximum Gasteiger partial charge on any atom is 0.0247 e. The van der Waals surface area contributed by atoms with Crippen LogP contribution in [-0.4, -0.2) is 23.5 Å². The van der Waals surface area contributed by atoms with Crippen molar-refractivity contribution >= 4 is 15.9 Å². The Balaban J connectivity index is 1.60. The topological polar surface area (TPSA) is 15.3 Å². The van der Waals surface area contributed by atoms with Crippen LogP contribution in [0, 0.1) is 0 Å². The minimum Gasteiger partial charge on any atom is -0.310 e. The van der Waals surface area contributed by atoms with Crippen LogP contribution < -0.4 is 5.32 Å². The predicted molar refractivity (Wildman–Crippen MR) is 83.1 cm³/mol. The van der Waals surface area contributed by atoms with Gasteiger partial charge in [-0.15, -0.1) is 0 Å². The third kappa shape index (κ3) is 3.80. The SMILES string of the molecule is CCN(Cc1ccc(CNC2CC2)cc1Br)C1CC1. The maximum absolute atomic E-state index is 3.74. The Morgan fingerprint density at radius 3 is 2.63 bits per heavy atom. The van der Waals surface area contributed by atoms with Gasteiger partial charge in [0.1, 0.15) is 0 Å². The summed E-state index contributed by atoms with van der Waals surface area (Å²) >= 11 is 3.74. The molecule has 1 aromatic rings. The van der Waals surface area contributed by atoms with E-state index in [1.54, 1.807) is 0 Å². The van der Waals surface area contributed by atoms with Crippen LogP contribution in [0.5, 0.6) is 0 Å². The third-order valence-electron chi connectivity index (χ3n) is 4.13. The van der Waals surface area contributed by atoms with Crippen LogP contribution in [0.4, 0.5) is 0 Å². The van der Waals surface area contributed by atoms with Crippen molar-refractivity contribution in [2.75, 3.05) is 6.54 Å². The quantitative estimate of drug-likeness (QED) is 0.823. The lowest BCUT2D eigenvalue weighted by atomic mass is 10.1. The van der Waals surface area contributed by atoms with Crippen LogP contribution in [0.15, 0.2) is 22.7 Å². The molecule has 0 bridgehead atoms. The lowest BCUT2D eigenvalue weighted by Crippen LogP contribution is -2.25. The second kappa shape index (κ2) is 5.94. The van der Waals surface area contributed by atoms with Gasteiger partial charge in [-0.1, -0.05) is 35.0 Å². The zero-order valence-electron chi connectivity index (χ0n) is 11.7. The van der Waals surface area contributed by atoms with E-state index in [9.17, 15) is 0 Å². The van der Waals surface area contributed by atoms with Gasteiger partial charge >= 0.3 is 0 Å². The molecule has 3 rings (SSSR count). The van der Waals surface area contributed by atoms with Gasteiger partial charge < -0.3 is 5.32 Å². The second-order valence-electron chi connectivity index (χ2n) is 5.88. The number of nitrogens with one attached hydrogen (secondary N) is 1. The minimum atomic E-state index is 0.781. The van der Waals surface area contributed by atoms with E-state index in [0.717, 1.165) is 31.7 Å². The van der Waals surface area contributed by atoms with Gasteiger partial charge in [0.05, 0.1) is 0 Å². The van der Waals surface area contributed by atoms with Crippen LogP contribution in [0.3, 0.4) is 0 Å². The summed E-state index contributed by atoms with van der Waals surface area (Å²) in [6.45, 7) is 5.50. The molecule has 0 heterocycles. The van der Waals surface area contributed by atoms with Crippen molar-refractivity contribution in [2.24, 2.45) is 0 Å². The first-order chi connectivity index (χ1) is 9.26. The maximum atomic E-state index is 3.74. The van der Waals surface area contributed by atoms with E-state index < -0.39 is 0 Å². The zero-order chi connectivity index (χ0) is 13.2. The van der Waals surface area contributed by atoms with Crippen molar-refractivity contribution in [1.29, 1.82) is 0 Å². The average molecular weight is 323 g/mol. The van der Waals surface area contributed by atoms with E-state index in [-0.39, 0.29) is 0 Å². The molecular formula is C16H23BrN2. The van der Waals surface area contributed by atoms with E-state index in [2.05, 4.69) is 51.3 Å². The highest BCUT2D eigenvalue weighted by molar-refractivity contribution is 9.10. The van der Waals surface area contributed by atoms with Crippen molar-refractivity contribution in [2.45, 2.75) is 57.8 Å².